The molecule has 0 spiro atoms. The molecule has 0 unspecified atom stereocenters. The van der Waals surface area contributed by atoms with Crippen molar-refractivity contribution in [1.29, 1.82) is 0 Å². The largest absolute Gasteiger partial charge is 0.444 e. The lowest BCUT2D eigenvalue weighted by molar-refractivity contribution is 0.0635. The van der Waals surface area contributed by atoms with Crippen molar-refractivity contribution in [2.45, 2.75) is 45.8 Å². The van der Waals surface area contributed by atoms with Crippen molar-refractivity contribution in [3.8, 4) is 0 Å². The highest BCUT2D eigenvalue weighted by atomic mass is 79.9. The fraction of sp³-hybridized carbons (Fsp3) is 0.500. The Balaban J connectivity index is 2.86. The third kappa shape index (κ3) is 6.07. The second kappa shape index (κ2) is 6.39. The molecular weight excluding hydrogens is 308 g/mol. The van der Waals surface area contributed by atoms with E-state index >= 15 is 0 Å². The summed E-state index contributed by atoms with van der Waals surface area (Å²) < 4.78 is 6.14. The SMILES string of the molecule is C[C@@H](N)Cc1ccc(Br)cc1NC(=O)OC(C)(C)C. The fourth-order valence-electron chi connectivity index (χ4n) is 1.60. The van der Waals surface area contributed by atoms with Crippen LogP contribution in [0.2, 0.25) is 0 Å². The summed E-state index contributed by atoms with van der Waals surface area (Å²) in [7, 11) is 0. The van der Waals surface area contributed by atoms with Crippen molar-refractivity contribution in [3.05, 3.63) is 28.2 Å². The Morgan fingerprint density at radius 1 is 1.47 bits per heavy atom. The van der Waals surface area contributed by atoms with Gasteiger partial charge in [0.2, 0.25) is 0 Å². The van der Waals surface area contributed by atoms with Crippen LogP contribution in [0.25, 0.3) is 0 Å². The quantitative estimate of drug-likeness (QED) is 0.889. The highest BCUT2D eigenvalue weighted by Crippen LogP contribution is 2.23. The first-order valence-electron chi connectivity index (χ1n) is 6.21. The molecule has 0 saturated heterocycles. The Morgan fingerprint density at radius 3 is 2.63 bits per heavy atom. The molecule has 0 bridgehead atoms. The van der Waals surface area contributed by atoms with Crippen LogP contribution in [0.5, 0.6) is 0 Å². The monoisotopic (exact) mass is 328 g/mol. The minimum atomic E-state index is -0.516. The van der Waals surface area contributed by atoms with E-state index in [1.807, 2.05) is 45.9 Å². The van der Waals surface area contributed by atoms with Crippen LogP contribution in [-0.4, -0.2) is 17.7 Å². The molecule has 0 aliphatic rings. The van der Waals surface area contributed by atoms with Gasteiger partial charge in [0, 0.05) is 16.2 Å². The highest BCUT2D eigenvalue weighted by molar-refractivity contribution is 9.10. The van der Waals surface area contributed by atoms with Gasteiger partial charge in [-0.3, -0.25) is 5.32 Å². The number of carbonyl (C=O) groups excluding carboxylic acids is 1. The smallest absolute Gasteiger partial charge is 0.412 e. The Bertz CT molecular complexity index is 453. The number of carbonyl (C=O) groups is 1. The molecule has 3 N–H and O–H groups in total. The van der Waals surface area contributed by atoms with Gasteiger partial charge in [0.15, 0.2) is 0 Å². The molecule has 1 rings (SSSR count). The summed E-state index contributed by atoms with van der Waals surface area (Å²) in [5.41, 5.74) is 7.00. The number of halogens is 1. The number of hydrogen-bond acceptors (Lipinski definition) is 3. The zero-order valence-electron chi connectivity index (χ0n) is 11.8. The molecule has 1 aromatic rings. The van der Waals surface area contributed by atoms with E-state index in [0.29, 0.717) is 6.42 Å². The molecular formula is C14H21BrN2O2. The summed E-state index contributed by atoms with van der Waals surface area (Å²) in [4.78, 5) is 11.8. The molecule has 1 amide bonds. The molecule has 106 valence electrons. The van der Waals surface area contributed by atoms with Gasteiger partial charge < -0.3 is 10.5 Å². The summed E-state index contributed by atoms with van der Waals surface area (Å²) in [5.74, 6) is 0. The number of rotatable bonds is 3. The van der Waals surface area contributed by atoms with Crippen molar-refractivity contribution in [3.63, 3.8) is 0 Å². The van der Waals surface area contributed by atoms with Crippen molar-refractivity contribution in [2.75, 3.05) is 5.32 Å². The van der Waals surface area contributed by atoms with Gasteiger partial charge in [0.25, 0.3) is 0 Å². The molecule has 0 fully saturated rings. The maximum absolute atomic E-state index is 11.8. The maximum Gasteiger partial charge on any atom is 0.412 e. The fourth-order valence-corrected chi connectivity index (χ4v) is 1.96. The Kier molecular flexibility index (Phi) is 5.38. The molecule has 0 aliphatic heterocycles. The molecule has 4 nitrogen and oxygen atoms in total. The minimum absolute atomic E-state index is 0.0281. The molecule has 0 aromatic heterocycles. The van der Waals surface area contributed by atoms with Crippen LogP contribution in [0.1, 0.15) is 33.3 Å². The van der Waals surface area contributed by atoms with Crippen LogP contribution in [0.4, 0.5) is 10.5 Å². The first-order valence-corrected chi connectivity index (χ1v) is 7.00. The summed E-state index contributed by atoms with van der Waals surface area (Å²) in [6.07, 6.45) is 0.231. The summed E-state index contributed by atoms with van der Waals surface area (Å²) >= 11 is 3.39. The zero-order valence-corrected chi connectivity index (χ0v) is 13.4. The molecule has 1 atom stereocenters. The number of nitrogens with one attached hydrogen (secondary N) is 1. The van der Waals surface area contributed by atoms with E-state index < -0.39 is 11.7 Å². The average molecular weight is 329 g/mol. The zero-order chi connectivity index (χ0) is 14.6. The van der Waals surface area contributed by atoms with Gasteiger partial charge in [-0.15, -0.1) is 0 Å². The van der Waals surface area contributed by atoms with E-state index in [1.54, 1.807) is 0 Å². The number of nitrogens with two attached hydrogens (primary N) is 1. The number of amides is 1. The van der Waals surface area contributed by atoms with Gasteiger partial charge in [-0.2, -0.15) is 0 Å². The van der Waals surface area contributed by atoms with E-state index in [4.69, 9.17) is 10.5 Å². The normalized spacial score (nSPS) is 12.9. The predicted molar refractivity (Wildman–Crippen MR) is 81.4 cm³/mol. The Labute approximate surface area is 122 Å². The van der Waals surface area contributed by atoms with Crippen molar-refractivity contribution >= 4 is 27.7 Å². The minimum Gasteiger partial charge on any atom is -0.444 e. The van der Waals surface area contributed by atoms with Crippen molar-refractivity contribution < 1.29 is 9.53 Å². The lowest BCUT2D eigenvalue weighted by Crippen LogP contribution is -2.28. The van der Waals surface area contributed by atoms with Crippen LogP contribution in [0.15, 0.2) is 22.7 Å². The highest BCUT2D eigenvalue weighted by Gasteiger charge is 2.17. The van der Waals surface area contributed by atoms with Gasteiger partial charge in [-0.1, -0.05) is 22.0 Å². The summed E-state index contributed by atoms with van der Waals surface area (Å²) in [6.45, 7) is 7.42. The van der Waals surface area contributed by atoms with Crippen LogP contribution >= 0.6 is 15.9 Å². The van der Waals surface area contributed by atoms with Gasteiger partial charge in [-0.25, -0.2) is 4.79 Å². The van der Waals surface area contributed by atoms with Crippen molar-refractivity contribution in [2.24, 2.45) is 5.73 Å². The van der Waals surface area contributed by atoms with E-state index in [2.05, 4.69) is 21.2 Å². The number of ether oxygens (including phenoxy) is 1. The molecule has 19 heavy (non-hydrogen) atoms. The van der Waals surface area contributed by atoms with E-state index in [9.17, 15) is 4.79 Å². The molecule has 0 heterocycles. The number of hydrogen-bond donors (Lipinski definition) is 2. The molecule has 1 aromatic carbocycles. The van der Waals surface area contributed by atoms with Crippen molar-refractivity contribution in [1.82, 2.24) is 0 Å². The van der Waals surface area contributed by atoms with Crippen LogP contribution in [-0.2, 0) is 11.2 Å². The summed E-state index contributed by atoms with van der Waals surface area (Å²) in [6, 6.07) is 5.75. The molecule has 5 heteroatoms. The summed E-state index contributed by atoms with van der Waals surface area (Å²) in [5, 5.41) is 2.77. The van der Waals surface area contributed by atoms with Crippen LogP contribution in [0.3, 0.4) is 0 Å². The standard InChI is InChI=1S/C14H21BrN2O2/c1-9(16)7-10-5-6-11(15)8-12(10)17-13(18)19-14(2,3)4/h5-6,8-9H,7,16H2,1-4H3,(H,17,18)/t9-/m1/s1. The van der Waals surface area contributed by atoms with Crippen LogP contribution < -0.4 is 11.1 Å². The third-order valence-corrected chi connectivity index (χ3v) is 2.74. The molecule has 0 aliphatic carbocycles. The molecule has 0 saturated carbocycles. The van der Waals surface area contributed by atoms with Gasteiger partial charge in [-0.05, 0) is 51.8 Å². The predicted octanol–water partition coefficient (Wildman–Crippen LogP) is 3.69. The van der Waals surface area contributed by atoms with Gasteiger partial charge in [0.1, 0.15) is 5.60 Å². The topological polar surface area (TPSA) is 64.3 Å². The first kappa shape index (κ1) is 16.0. The first-order chi connectivity index (χ1) is 8.67. The van der Waals surface area contributed by atoms with E-state index in [-0.39, 0.29) is 6.04 Å². The van der Waals surface area contributed by atoms with E-state index in [0.717, 1.165) is 15.7 Å². The Morgan fingerprint density at radius 2 is 2.11 bits per heavy atom. The number of benzene rings is 1. The average Bonchev–Trinajstić information content (AvgIpc) is 2.18. The molecule has 0 radical (unpaired) electrons. The second-order valence-corrected chi connectivity index (χ2v) is 6.53. The van der Waals surface area contributed by atoms with Gasteiger partial charge >= 0.3 is 6.09 Å². The second-order valence-electron chi connectivity index (χ2n) is 5.61. The lowest BCUT2D eigenvalue weighted by Gasteiger charge is -2.21. The number of anilines is 1. The van der Waals surface area contributed by atoms with E-state index in [1.165, 1.54) is 0 Å². The Hall–Kier alpha value is -1.07. The maximum atomic E-state index is 11.8. The van der Waals surface area contributed by atoms with Gasteiger partial charge in [0.05, 0.1) is 0 Å². The lowest BCUT2D eigenvalue weighted by atomic mass is 10.1. The van der Waals surface area contributed by atoms with Crippen LogP contribution in [0, 0.1) is 0 Å². The third-order valence-electron chi connectivity index (χ3n) is 2.25.